The maximum absolute atomic E-state index is 12.9. The average Bonchev–Trinajstić information content (AvgIpc) is 3.34. The second-order valence-corrected chi connectivity index (χ2v) is 8.38. The molecule has 14 heteroatoms. The molecule has 0 radical (unpaired) electrons. The molecule has 1 aromatic carbocycles. The molecule has 0 bridgehead atoms. The van der Waals surface area contributed by atoms with Gasteiger partial charge >= 0.3 is 5.97 Å². The number of aromatic nitrogens is 2. The Morgan fingerprint density at radius 3 is 2.03 bits per heavy atom. The molecule has 12 nitrogen and oxygen atoms in total. The number of aromatic amines is 1. The highest BCUT2D eigenvalue weighted by molar-refractivity contribution is 7.80. The van der Waals surface area contributed by atoms with Gasteiger partial charge in [-0.05, 0) is 24.1 Å². The number of benzene rings is 1. The Labute approximate surface area is 212 Å². The Bertz CT molecular complexity index is 1000. The number of phenolic OH excluding ortho intramolecular Hbond substituents is 1. The maximum Gasteiger partial charge on any atom is 0.327 e. The van der Waals surface area contributed by atoms with E-state index in [1.165, 1.54) is 24.7 Å². The number of rotatable bonds is 13. The number of carboxylic acids is 1. The van der Waals surface area contributed by atoms with Crippen molar-refractivity contribution in [3.05, 3.63) is 48.0 Å². The molecule has 1 heterocycles. The number of carbonyl (C=O) groups is 4. The van der Waals surface area contributed by atoms with Crippen molar-refractivity contribution in [1.29, 1.82) is 0 Å². The Morgan fingerprint density at radius 1 is 0.914 bits per heavy atom. The van der Waals surface area contributed by atoms with Gasteiger partial charge in [-0.1, -0.05) is 12.1 Å². The molecule has 1 aromatic heterocycles. The van der Waals surface area contributed by atoms with Gasteiger partial charge in [-0.15, -0.1) is 0 Å². The quantitative estimate of drug-likeness (QED) is 0.143. The highest BCUT2D eigenvalue weighted by Crippen LogP contribution is 2.11. The first-order valence-corrected chi connectivity index (χ1v) is 11.8. The van der Waals surface area contributed by atoms with Gasteiger partial charge in [0.25, 0.3) is 0 Å². The van der Waals surface area contributed by atoms with Crippen molar-refractivity contribution in [2.24, 2.45) is 5.73 Å². The van der Waals surface area contributed by atoms with E-state index in [2.05, 4.69) is 51.2 Å². The number of aliphatic carboxylic acids is 1. The van der Waals surface area contributed by atoms with Gasteiger partial charge in [-0.25, -0.2) is 9.78 Å². The minimum absolute atomic E-state index is 0.00983. The van der Waals surface area contributed by atoms with Crippen LogP contribution in [-0.2, 0) is 32.0 Å². The number of carbonyl (C=O) groups excluding carboxylic acids is 3. The fourth-order valence-corrected chi connectivity index (χ4v) is 3.51. The van der Waals surface area contributed by atoms with E-state index in [1.54, 1.807) is 12.1 Å². The van der Waals surface area contributed by atoms with Crippen LogP contribution < -0.4 is 21.7 Å². The molecular formula is C21H28N6O6S2. The van der Waals surface area contributed by atoms with Gasteiger partial charge in [0, 0.05) is 29.8 Å². The molecule has 0 spiro atoms. The van der Waals surface area contributed by atoms with Crippen LogP contribution in [0.15, 0.2) is 36.8 Å². The predicted octanol–water partition coefficient (Wildman–Crippen LogP) is -1.37. The molecule has 2 rings (SSSR count). The summed E-state index contributed by atoms with van der Waals surface area (Å²) in [7, 11) is 0. The molecular weight excluding hydrogens is 496 g/mol. The lowest BCUT2D eigenvalue weighted by Crippen LogP contribution is -2.58. The van der Waals surface area contributed by atoms with E-state index in [4.69, 9.17) is 5.73 Å². The fourth-order valence-electron chi connectivity index (χ4n) is 3.01. The second-order valence-electron chi connectivity index (χ2n) is 7.64. The zero-order valence-electron chi connectivity index (χ0n) is 18.5. The first-order valence-electron chi connectivity index (χ1n) is 10.5. The normalized spacial score (nSPS) is 14.3. The van der Waals surface area contributed by atoms with E-state index in [-0.39, 0.29) is 30.1 Å². The number of nitrogens with two attached hydrogens (primary N) is 1. The van der Waals surface area contributed by atoms with Crippen molar-refractivity contribution in [1.82, 2.24) is 25.9 Å². The van der Waals surface area contributed by atoms with E-state index >= 15 is 0 Å². The number of carboxylic acid groups (broad SMARTS) is 1. The van der Waals surface area contributed by atoms with Crippen LogP contribution in [0.2, 0.25) is 0 Å². The van der Waals surface area contributed by atoms with Gasteiger partial charge in [0.2, 0.25) is 17.7 Å². The molecule has 190 valence electrons. The number of imidazole rings is 1. The molecule has 0 aliphatic carbocycles. The molecule has 3 amide bonds. The molecule has 0 saturated heterocycles. The predicted molar refractivity (Wildman–Crippen MR) is 133 cm³/mol. The molecule has 2 aromatic rings. The number of H-pyrrole nitrogens is 1. The van der Waals surface area contributed by atoms with E-state index in [9.17, 15) is 29.4 Å². The van der Waals surface area contributed by atoms with Gasteiger partial charge in [0.1, 0.15) is 23.9 Å². The highest BCUT2D eigenvalue weighted by atomic mass is 32.1. The van der Waals surface area contributed by atoms with Gasteiger partial charge in [0.15, 0.2) is 0 Å². The molecule has 8 N–H and O–H groups in total. The fraction of sp³-hybridized carbons (Fsp3) is 0.381. The monoisotopic (exact) mass is 524 g/mol. The summed E-state index contributed by atoms with van der Waals surface area (Å²) in [4.78, 5) is 56.1. The van der Waals surface area contributed by atoms with Crippen molar-refractivity contribution >= 4 is 48.9 Å². The summed E-state index contributed by atoms with van der Waals surface area (Å²) in [5.74, 6) is -3.50. The van der Waals surface area contributed by atoms with Crippen LogP contribution in [0.4, 0.5) is 0 Å². The van der Waals surface area contributed by atoms with Crippen molar-refractivity contribution in [3.8, 4) is 5.75 Å². The number of thiol groups is 2. The van der Waals surface area contributed by atoms with Crippen molar-refractivity contribution in [3.63, 3.8) is 0 Å². The third kappa shape index (κ3) is 8.81. The molecule has 35 heavy (non-hydrogen) atoms. The van der Waals surface area contributed by atoms with Crippen LogP contribution in [0.3, 0.4) is 0 Å². The Hall–Kier alpha value is -3.23. The standard InChI is InChI=1S/C21H28N6O6S2/c22-14(5-11-1-3-13(28)4-2-11)18(29)26-16(8-34)20(31)25-15(6-12-7-23-10-24-12)19(30)27-17(9-35)21(32)33/h1-4,7,10,14-17,28,34-35H,5-6,8-9,22H2,(H,23,24)(H,25,31)(H,26,29)(H,27,30)(H,32,33). The van der Waals surface area contributed by atoms with Crippen LogP contribution in [-0.4, -0.2) is 79.5 Å². The zero-order chi connectivity index (χ0) is 26.0. The third-order valence-corrected chi connectivity index (χ3v) is 5.68. The largest absolute Gasteiger partial charge is 0.508 e. The third-order valence-electron chi connectivity index (χ3n) is 4.95. The topological polar surface area (TPSA) is 200 Å². The summed E-state index contributed by atoms with van der Waals surface area (Å²) < 4.78 is 0. The Morgan fingerprint density at radius 2 is 1.49 bits per heavy atom. The molecule has 0 aliphatic rings. The summed E-state index contributed by atoms with van der Waals surface area (Å²) in [5, 5.41) is 25.9. The summed E-state index contributed by atoms with van der Waals surface area (Å²) in [6, 6.07) is 1.66. The van der Waals surface area contributed by atoms with E-state index in [1.807, 2.05) is 0 Å². The smallest absolute Gasteiger partial charge is 0.327 e. The summed E-state index contributed by atoms with van der Waals surface area (Å²) in [6.07, 6.45) is 3.01. The number of amides is 3. The number of hydrogen-bond acceptors (Lipinski definition) is 9. The zero-order valence-corrected chi connectivity index (χ0v) is 20.3. The van der Waals surface area contributed by atoms with Crippen LogP contribution in [0.25, 0.3) is 0 Å². The minimum Gasteiger partial charge on any atom is -0.508 e. The SMILES string of the molecule is NC(Cc1ccc(O)cc1)C(=O)NC(CS)C(=O)NC(Cc1cnc[nH]1)C(=O)NC(CS)C(=O)O. The highest BCUT2D eigenvalue weighted by Gasteiger charge is 2.30. The Balaban J connectivity index is 2.05. The first kappa shape index (κ1) is 28.0. The minimum atomic E-state index is -1.27. The van der Waals surface area contributed by atoms with Crippen LogP contribution in [0, 0.1) is 0 Å². The van der Waals surface area contributed by atoms with Gasteiger partial charge < -0.3 is 36.9 Å². The number of phenols is 1. The van der Waals surface area contributed by atoms with Crippen LogP contribution in [0.5, 0.6) is 5.75 Å². The number of nitrogens with zero attached hydrogens (tertiary/aromatic N) is 1. The summed E-state index contributed by atoms with van der Waals surface area (Å²) >= 11 is 8.04. The van der Waals surface area contributed by atoms with E-state index < -0.39 is 47.9 Å². The Kier molecular flexibility index (Phi) is 10.9. The van der Waals surface area contributed by atoms with Crippen molar-refractivity contribution < 1.29 is 29.4 Å². The lowest BCUT2D eigenvalue weighted by atomic mass is 10.1. The van der Waals surface area contributed by atoms with Crippen molar-refractivity contribution in [2.45, 2.75) is 37.0 Å². The van der Waals surface area contributed by atoms with Gasteiger partial charge in [-0.3, -0.25) is 14.4 Å². The molecule has 0 fully saturated rings. The summed E-state index contributed by atoms with van der Waals surface area (Å²) in [5.41, 5.74) is 7.19. The lowest BCUT2D eigenvalue weighted by Gasteiger charge is -2.24. The van der Waals surface area contributed by atoms with Gasteiger partial charge in [-0.2, -0.15) is 25.3 Å². The molecule has 0 saturated carbocycles. The van der Waals surface area contributed by atoms with Crippen LogP contribution in [0.1, 0.15) is 11.3 Å². The molecule has 0 aliphatic heterocycles. The van der Waals surface area contributed by atoms with Gasteiger partial charge in [0.05, 0.1) is 12.4 Å². The second kappa shape index (κ2) is 13.6. The number of hydrogen-bond donors (Lipinski definition) is 9. The average molecular weight is 525 g/mol. The number of aromatic hydroxyl groups is 1. The van der Waals surface area contributed by atoms with E-state index in [0.29, 0.717) is 11.3 Å². The maximum atomic E-state index is 12.9. The molecule has 4 unspecified atom stereocenters. The lowest BCUT2D eigenvalue weighted by molar-refractivity contribution is -0.141. The van der Waals surface area contributed by atoms with Crippen molar-refractivity contribution in [2.75, 3.05) is 11.5 Å². The molecule has 4 atom stereocenters. The van der Waals surface area contributed by atoms with E-state index in [0.717, 1.165) is 0 Å². The number of nitrogens with one attached hydrogen (secondary N) is 4. The first-order chi connectivity index (χ1) is 16.6. The summed E-state index contributed by atoms with van der Waals surface area (Å²) in [6.45, 7) is 0. The van der Waals surface area contributed by atoms with Crippen LogP contribution >= 0.6 is 25.3 Å².